The molecule has 1 saturated carbocycles. The van der Waals surface area contributed by atoms with E-state index in [1.807, 2.05) is 41.5 Å². The Hall–Kier alpha value is -4.10. The van der Waals surface area contributed by atoms with Crippen LogP contribution in [-0.4, -0.2) is 70.8 Å². The number of likely N-dealkylation sites (tertiary alicyclic amines) is 1. The molecule has 1 saturated heterocycles. The Morgan fingerprint density at radius 3 is 2.74 bits per heavy atom. The van der Waals surface area contributed by atoms with Crippen molar-refractivity contribution in [2.24, 2.45) is 17.8 Å². The molecule has 6 rings (SSSR count). The van der Waals surface area contributed by atoms with Crippen molar-refractivity contribution in [1.29, 1.82) is 0 Å². The Bertz CT molecular complexity index is 1520. The monoisotopic (exact) mass is 516 g/mol. The van der Waals surface area contributed by atoms with Crippen molar-refractivity contribution < 1.29 is 18.7 Å². The summed E-state index contributed by atoms with van der Waals surface area (Å²) in [7, 11) is 3.94. The summed E-state index contributed by atoms with van der Waals surface area (Å²) in [6, 6.07) is 3.02. The Labute approximate surface area is 220 Å². The molecular formula is C28H29FN6O3. The van der Waals surface area contributed by atoms with Gasteiger partial charge in [-0.1, -0.05) is 12.0 Å². The number of amides is 1. The van der Waals surface area contributed by atoms with E-state index < -0.39 is 5.82 Å². The molecule has 1 aliphatic carbocycles. The molecule has 2 N–H and O–H groups in total. The number of fused-ring (bicyclic) bond motifs is 3. The summed E-state index contributed by atoms with van der Waals surface area (Å²) in [6.07, 6.45) is 4.99. The van der Waals surface area contributed by atoms with Gasteiger partial charge >= 0.3 is 0 Å². The van der Waals surface area contributed by atoms with Crippen molar-refractivity contribution in [2.75, 3.05) is 46.3 Å². The lowest BCUT2D eigenvalue weighted by atomic mass is 10.0. The van der Waals surface area contributed by atoms with E-state index in [1.165, 1.54) is 12.4 Å². The molecule has 38 heavy (non-hydrogen) atoms. The minimum absolute atomic E-state index is 0.0561. The van der Waals surface area contributed by atoms with Gasteiger partial charge in [-0.15, -0.1) is 0 Å². The number of carbonyl (C=O) groups excluding carboxylic acids is 1. The minimum Gasteiger partial charge on any atom is -0.453 e. The molecule has 10 heteroatoms. The van der Waals surface area contributed by atoms with Crippen molar-refractivity contribution in [2.45, 2.75) is 13.5 Å². The fourth-order valence-electron chi connectivity index (χ4n) is 5.60. The number of anilines is 1. The maximum atomic E-state index is 14.4. The van der Waals surface area contributed by atoms with Crippen LogP contribution in [-0.2, 0) is 11.3 Å². The zero-order chi connectivity index (χ0) is 26.6. The van der Waals surface area contributed by atoms with Crippen LogP contribution >= 0.6 is 0 Å². The summed E-state index contributed by atoms with van der Waals surface area (Å²) in [4.78, 5) is 25.2. The molecule has 4 heterocycles. The highest BCUT2D eigenvalue weighted by atomic mass is 19.1. The molecule has 0 bridgehead atoms. The third-order valence-electron chi connectivity index (χ3n) is 7.52. The van der Waals surface area contributed by atoms with Gasteiger partial charge in [-0.3, -0.25) is 4.79 Å². The predicted molar refractivity (Wildman–Crippen MR) is 141 cm³/mol. The second-order valence-electron chi connectivity index (χ2n) is 10.1. The summed E-state index contributed by atoms with van der Waals surface area (Å²) in [5.41, 5.74) is 9.08. The maximum Gasteiger partial charge on any atom is 0.246 e. The summed E-state index contributed by atoms with van der Waals surface area (Å²) >= 11 is 0. The average Bonchev–Trinajstić information content (AvgIpc) is 3.32. The van der Waals surface area contributed by atoms with Crippen molar-refractivity contribution >= 4 is 22.8 Å². The molecule has 0 spiro atoms. The van der Waals surface area contributed by atoms with Crippen LogP contribution in [0.15, 0.2) is 30.6 Å². The Morgan fingerprint density at radius 2 is 2.00 bits per heavy atom. The van der Waals surface area contributed by atoms with Gasteiger partial charge in [0.1, 0.15) is 23.5 Å². The largest absolute Gasteiger partial charge is 0.453 e. The third kappa shape index (κ3) is 3.94. The predicted octanol–water partition coefficient (Wildman–Crippen LogP) is 2.74. The number of benzene rings is 1. The van der Waals surface area contributed by atoms with E-state index in [2.05, 4.69) is 21.8 Å². The first-order valence-corrected chi connectivity index (χ1v) is 12.7. The average molecular weight is 517 g/mol. The van der Waals surface area contributed by atoms with Gasteiger partial charge in [0, 0.05) is 49.3 Å². The number of likely N-dealkylation sites (N-methyl/N-ethyl adjacent to an activating group) is 1. The molecule has 3 aromatic rings. The van der Waals surface area contributed by atoms with Crippen LogP contribution in [0.25, 0.3) is 22.2 Å². The zero-order valence-corrected chi connectivity index (χ0v) is 21.6. The Morgan fingerprint density at radius 1 is 1.24 bits per heavy atom. The number of nitrogen functional groups attached to an aromatic ring is 1. The minimum atomic E-state index is -0.487. The second-order valence-corrected chi connectivity index (χ2v) is 10.1. The van der Waals surface area contributed by atoms with E-state index in [0.29, 0.717) is 65.2 Å². The van der Waals surface area contributed by atoms with Crippen molar-refractivity contribution in [3.05, 3.63) is 42.1 Å². The Kier molecular flexibility index (Phi) is 5.95. The molecule has 2 aromatic heterocycles. The lowest BCUT2D eigenvalue weighted by Gasteiger charge is -2.17. The fraction of sp³-hybridized carbons (Fsp3) is 0.393. The molecule has 1 amide bonds. The van der Waals surface area contributed by atoms with E-state index in [9.17, 15) is 9.18 Å². The third-order valence-corrected chi connectivity index (χ3v) is 7.52. The molecule has 3 aliphatic rings. The topological polar surface area (TPSA) is 98.7 Å². The molecule has 2 fully saturated rings. The molecule has 9 nitrogen and oxygen atoms in total. The summed E-state index contributed by atoms with van der Waals surface area (Å²) in [6.45, 7) is 4.73. The number of hydrogen-bond donors (Lipinski definition) is 1. The lowest BCUT2D eigenvalue weighted by Crippen LogP contribution is -2.30. The standard InChI is InChI=1S/C28H29FN6O3/c1-4-35-21(10-8-16-18-12-34(13-19(16)18)22(36)6-5-11-33(2)3)23(24-27(30)31-14-32-28(24)35)17-7-9-20(29)26-25(17)37-15-38-26/h5-7,9,14,16,18-19H,4,11-13,15H2,1-3H3,(H2,30,31,32)/b6-5+/t16?,18-,19+. The number of carbonyl (C=O) groups is 1. The number of nitrogens with zero attached hydrogens (tertiary/aromatic N) is 5. The van der Waals surface area contributed by atoms with E-state index in [0.717, 1.165) is 12.2 Å². The summed E-state index contributed by atoms with van der Waals surface area (Å²) in [5.74, 6) is 8.12. The summed E-state index contributed by atoms with van der Waals surface area (Å²) in [5, 5.41) is 0.653. The van der Waals surface area contributed by atoms with E-state index in [-0.39, 0.29) is 24.4 Å². The van der Waals surface area contributed by atoms with Gasteiger partial charge in [0.25, 0.3) is 0 Å². The molecule has 1 aromatic carbocycles. The molecule has 196 valence electrons. The SMILES string of the molecule is CCn1c(C#CC2[C@H]3CN(C(=O)/C=C/CN(C)C)C[C@@H]23)c(-c2ccc(F)c3c2OCO3)c2c(N)ncnc21. The van der Waals surface area contributed by atoms with Crippen LogP contribution in [0.3, 0.4) is 0 Å². The maximum absolute atomic E-state index is 14.4. The molecule has 1 unspecified atom stereocenters. The number of halogens is 1. The highest BCUT2D eigenvalue weighted by Crippen LogP contribution is 2.52. The lowest BCUT2D eigenvalue weighted by molar-refractivity contribution is -0.125. The molecule has 3 atom stereocenters. The van der Waals surface area contributed by atoms with Gasteiger partial charge in [0.2, 0.25) is 18.4 Å². The molecular weight excluding hydrogens is 487 g/mol. The number of nitrogens with two attached hydrogens (primary N) is 1. The quantitative estimate of drug-likeness (QED) is 0.411. The number of rotatable bonds is 5. The van der Waals surface area contributed by atoms with Gasteiger partial charge in [-0.2, -0.15) is 0 Å². The van der Waals surface area contributed by atoms with Crippen LogP contribution in [0.1, 0.15) is 12.6 Å². The van der Waals surface area contributed by atoms with Crippen LogP contribution in [0, 0.1) is 35.4 Å². The Balaban J connectivity index is 1.34. The highest BCUT2D eigenvalue weighted by Gasteiger charge is 2.55. The molecule has 2 aliphatic heterocycles. The second kappa shape index (κ2) is 9.33. The van der Waals surface area contributed by atoms with Gasteiger partial charge in [0.15, 0.2) is 11.6 Å². The smallest absolute Gasteiger partial charge is 0.246 e. The number of hydrogen-bond acceptors (Lipinski definition) is 7. The van der Waals surface area contributed by atoms with Gasteiger partial charge in [-0.05, 0) is 50.9 Å². The van der Waals surface area contributed by atoms with Crippen LogP contribution in [0.5, 0.6) is 11.5 Å². The number of aromatic nitrogens is 3. The summed E-state index contributed by atoms with van der Waals surface area (Å²) < 4.78 is 27.5. The first-order chi connectivity index (χ1) is 18.4. The first kappa shape index (κ1) is 24.2. The van der Waals surface area contributed by atoms with Gasteiger partial charge < -0.3 is 29.6 Å². The van der Waals surface area contributed by atoms with E-state index >= 15 is 0 Å². The van der Waals surface area contributed by atoms with Gasteiger partial charge in [0.05, 0.1) is 5.39 Å². The normalized spacial score (nSPS) is 21.3. The highest BCUT2D eigenvalue weighted by molar-refractivity contribution is 6.05. The zero-order valence-electron chi connectivity index (χ0n) is 21.6. The van der Waals surface area contributed by atoms with Crippen molar-refractivity contribution in [1.82, 2.24) is 24.3 Å². The van der Waals surface area contributed by atoms with Crippen LogP contribution in [0.2, 0.25) is 0 Å². The number of piperidine rings is 1. The fourth-order valence-corrected chi connectivity index (χ4v) is 5.60. The van der Waals surface area contributed by atoms with Crippen LogP contribution < -0.4 is 15.2 Å². The number of ether oxygens (including phenoxy) is 2. The van der Waals surface area contributed by atoms with E-state index in [1.54, 1.807) is 12.1 Å². The number of aryl methyl sites for hydroxylation is 1. The van der Waals surface area contributed by atoms with Crippen LogP contribution in [0.4, 0.5) is 10.2 Å². The van der Waals surface area contributed by atoms with Gasteiger partial charge in [-0.25, -0.2) is 14.4 Å². The van der Waals surface area contributed by atoms with E-state index in [4.69, 9.17) is 15.2 Å². The van der Waals surface area contributed by atoms with Crippen molar-refractivity contribution in [3.8, 4) is 34.5 Å². The first-order valence-electron chi connectivity index (χ1n) is 12.7. The molecule has 0 radical (unpaired) electrons. The van der Waals surface area contributed by atoms with Crippen molar-refractivity contribution in [3.63, 3.8) is 0 Å².